The Labute approximate surface area is 142 Å². The van der Waals surface area contributed by atoms with E-state index in [1.54, 1.807) is 12.1 Å². The van der Waals surface area contributed by atoms with Gasteiger partial charge in [0.1, 0.15) is 0 Å². The first-order valence-corrected chi connectivity index (χ1v) is 7.52. The molecule has 0 amide bonds. The van der Waals surface area contributed by atoms with Gasteiger partial charge in [-0.15, -0.1) is 0 Å². The quantitative estimate of drug-likeness (QED) is 0.685. The molecule has 0 unspecified atom stereocenters. The van der Waals surface area contributed by atoms with Crippen molar-refractivity contribution in [2.24, 2.45) is 0 Å². The summed E-state index contributed by atoms with van der Waals surface area (Å²) in [5.41, 5.74) is 1.12. The van der Waals surface area contributed by atoms with Gasteiger partial charge in [-0.3, -0.25) is 9.59 Å². The number of fused-ring (bicyclic) bond motifs is 2. The number of aryl methyl sites for hydroxylation is 1. The maximum absolute atomic E-state index is 12.0. The van der Waals surface area contributed by atoms with E-state index in [9.17, 15) is 14.7 Å². The second-order valence-corrected chi connectivity index (χ2v) is 5.44. The molecule has 1 heterocycles. The van der Waals surface area contributed by atoms with Crippen LogP contribution in [0.1, 0.15) is 12.0 Å². The molecule has 0 saturated heterocycles. The summed E-state index contributed by atoms with van der Waals surface area (Å²) in [6.07, 6.45) is 0.118. The standard InChI is InChI=1S/C18H16O7/c1-23-17-12(19)6-3-10-9(5-8-14(21)22)11-4-7-13(20)18(24-2)16(11)25-15(10)17/h3-4,6-7,19H,5,8H2,1-2H3,(H,21,22). The van der Waals surface area contributed by atoms with Gasteiger partial charge in [-0.1, -0.05) is 0 Å². The van der Waals surface area contributed by atoms with E-state index in [1.165, 1.54) is 26.4 Å². The van der Waals surface area contributed by atoms with Crippen LogP contribution in [-0.4, -0.2) is 30.4 Å². The predicted molar refractivity (Wildman–Crippen MR) is 89.8 cm³/mol. The van der Waals surface area contributed by atoms with E-state index >= 15 is 0 Å². The monoisotopic (exact) mass is 344 g/mol. The van der Waals surface area contributed by atoms with E-state index in [2.05, 4.69) is 0 Å². The number of hydrogen-bond acceptors (Lipinski definition) is 6. The highest BCUT2D eigenvalue weighted by molar-refractivity contribution is 5.94. The molecule has 25 heavy (non-hydrogen) atoms. The van der Waals surface area contributed by atoms with Gasteiger partial charge in [-0.05, 0) is 36.2 Å². The number of phenols is 1. The van der Waals surface area contributed by atoms with E-state index in [4.69, 9.17) is 19.0 Å². The van der Waals surface area contributed by atoms with Crippen molar-refractivity contribution in [2.45, 2.75) is 12.8 Å². The number of hydrogen-bond donors (Lipinski definition) is 2. The molecule has 0 bridgehead atoms. The lowest BCUT2D eigenvalue weighted by molar-refractivity contribution is -0.136. The van der Waals surface area contributed by atoms with Gasteiger partial charge in [0.2, 0.25) is 16.9 Å². The number of carboxylic acid groups (broad SMARTS) is 1. The number of phenolic OH excluding ortho intramolecular Hbond substituents is 1. The van der Waals surface area contributed by atoms with Gasteiger partial charge < -0.3 is 24.1 Å². The summed E-state index contributed by atoms with van der Waals surface area (Å²) in [6.45, 7) is 0. The molecule has 1 aromatic rings. The Morgan fingerprint density at radius 1 is 1.12 bits per heavy atom. The Morgan fingerprint density at radius 3 is 2.48 bits per heavy atom. The number of carboxylic acids is 1. The van der Waals surface area contributed by atoms with Crippen molar-refractivity contribution in [3.63, 3.8) is 0 Å². The van der Waals surface area contributed by atoms with Crippen molar-refractivity contribution in [3.8, 4) is 28.6 Å². The largest absolute Gasteiger partial charge is 0.504 e. The van der Waals surface area contributed by atoms with Crippen molar-refractivity contribution in [2.75, 3.05) is 14.2 Å². The zero-order valence-electron chi connectivity index (χ0n) is 13.7. The van der Waals surface area contributed by atoms with Crippen molar-refractivity contribution < 1.29 is 28.9 Å². The lowest BCUT2D eigenvalue weighted by Crippen LogP contribution is -2.08. The molecular formula is C18H16O7. The van der Waals surface area contributed by atoms with Gasteiger partial charge in [0, 0.05) is 17.4 Å². The van der Waals surface area contributed by atoms with Gasteiger partial charge in [0.25, 0.3) is 0 Å². The van der Waals surface area contributed by atoms with E-state index in [0.717, 1.165) is 0 Å². The lowest BCUT2D eigenvalue weighted by Gasteiger charge is -2.17. The second-order valence-electron chi connectivity index (χ2n) is 5.44. The Bertz CT molecular complexity index is 987. The number of ether oxygens (including phenoxy) is 2. The lowest BCUT2D eigenvalue weighted by atomic mass is 9.95. The van der Waals surface area contributed by atoms with Gasteiger partial charge in [-0.25, -0.2) is 0 Å². The highest BCUT2D eigenvalue weighted by Gasteiger charge is 2.24. The fourth-order valence-electron chi connectivity index (χ4n) is 2.91. The maximum Gasteiger partial charge on any atom is 0.303 e. The normalized spacial score (nSPS) is 11.0. The number of benzene rings is 2. The molecular weight excluding hydrogens is 328 g/mol. The first-order valence-electron chi connectivity index (χ1n) is 7.52. The number of methoxy groups -OCH3 is 2. The van der Waals surface area contributed by atoms with Gasteiger partial charge in [0.15, 0.2) is 17.1 Å². The molecule has 7 nitrogen and oxygen atoms in total. The van der Waals surface area contributed by atoms with E-state index in [1.807, 2.05) is 0 Å². The fourth-order valence-corrected chi connectivity index (χ4v) is 2.91. The molecule has 1 aromatic carbocycles. The minimum atomic E-state index is -0.944. The molecule has 2 aliphatic rings. The molecule has 0 radical (unpaired) electrons. The molecule has 0 saturated carbocycles. The minimum Gasteiger partial charge on any atom is -0.504 e. The molecule has 130 valence electrons. The van der Waals surface area contributed by atoms with Crippen molar-refractivity contribution in [3.05, 3.63) is 40.1 Å². The molecule has 0 atom stereocenters. The van der Waals surface area contributed by atoms with Crippen LogP contribution in [0.2, 0.25) is 0 Å². The molecule has 1 aliphatic carbocycles. The topological polar surface area (TPSA) is 106 Å². The van der Waals surface area contributed by atoms with Crippen LogP contribution in [0.15, 0.2) is 33.5 Å². The molecule has 3 rings (SSSR count). The van der Waals surface area contributed by atoms with Crippen LogP contribution in [-0.2, 0) is 11.2 Å². The zero-order chi connectivity index (χ0) is 18.1. The number of aliphatic carboxylic acids is 1. The summed E-state index contributed by atoms with van der Waals surface area (Å²) in [5.74, 6) is -0.762. The number of aromatic hydroxyl groups is 1. The SMILES string of the molecule is COc1c2oc3c(OC)c(O)ccc3c(CCC(=O)O)c-2ccc1=O. The average Bonchev–Trinajstić information content (AvgIpc) is 2.58. The highest BCUT2D eigenvalue weighted by Crippen LogP contribution is 2.43. The average molecular weight is 344 g/mol. The first kappa shape index (κ1) is 16.6. The number of carbonyl (C=O) groups is 1. The van der Waals surface area contributed by atoms with Crippen molar-refractivity contribution in [1.82, 2.24) is 0 Å². The summed E-state index contributed by atoms with van der Waals surface area (Å²) < 4.78 is 16.2. The Balaban J connectivity index is 2.45. The molecule has 2 N–H and O–H groups in total. The Kier molecular flexibility index (Phi) is 4.22. The second kappa shape index (κ2) is 6.35. The van der Waals surface area contributed by atoms with Crippen LogP contribution < -0.4 is 14.9 Å². The highest BCUT2D eigenvalue weighted by atomic mass is 16.5. The van der Waals surface area contributed by atoms with Crippen LogP contribution >= 0.6 is 0 Å². The zero-order valence-corrected chi connectivity index (χ0v) is 13.7. The Hall–Kier alpha value is -3.22. The van der Waals surface area contributed by atoms with Gasteiger partial charge in [0.05, 0.1) is 14.2 Å². The molecule has 7 heteroatoms. The fraction of sp³-hybridized carbons (Fsp3) is 0.222. The summed E-state index contributed by atoms with van der Waals surface area (Å²) in [6, 6.07) is 6.01. The smallest absolute Gasteiger partial charge is 0.303 e. The maximum atomic E-state index is 12.0. The third-order valence-corrected chi connectivity index (χ3v) is 4.02. The van der Waals surface area contributed by atoms with Crippen LogP contribution in [0.25, 0.3) is 22.3 Å². The first-order chi connectivity index (χ1) is 12.0. The van der Waals surface area contributed by atoms with Gasteiger partial charge in [-0.2, -0.15) is 0 Å². The Morgan fingerprint density at radius 2 is 1.84 bits per heavy atom. The summed E-state index contributed by atoms with van der Waals surface area (Å²) in [4.78, 5) is 23.1. The van der Waals surface area contributed by atoms with Crippen LogP contribution in [0.4, 0.5) is 0 Å². The third kappa shape index (κ3) is 2.73. The van der Waals surface area contributed by atoms with E-state index in [0.29, 0.717) is 16.5 Å². The summed E-state index contributed by atoms with van der Waals surface area (Å²) in [7, 11) is 2.74. The van der Waals surface area contributed by atoms with Crippen LogP contribution in [0.3, 0.4) is 0 Å². The van der Waals surface area contributed by atoms with E-state index < -0.39 is 5.97 Å². The molecule has 1 aliphatic heterocycles. The molecule has 0 spiro atoms. The minimum absolute atomic E-state index is 0.0152. The summed E-state index contributed by atoms with van der Waals surface area (Å²) >= 11 is 0. The molecule has 0 fully saturated rings. The van der Waals surface area contributed by atoms with Gasteiger partial charge >= 0.3 is 5.97 Å². The van der Waals surface area contributed by atoms with Crippen LogP contribution in [0.5, 0.6) is 17.2 Å². The number of rotatable bonds is 5. The third-order valence-electron chi connectivity index (χ3n) is 4.02. The molecule has 0 aromatic heterocycles. The van der Waals surface area contributed by atoms with Crippen molar-refractivity contribution >= 4 is 16.9 Å². The van der Waals surface area contributed by atoms with Crippen molar-refractivity contribution in [1.29, 1.82) is 0 Å². The van der Waals surface area contributed by atoms with Crippen LogP contribution in [0, 0.1) is 0 Å². The predicted octanol–water partition coefficient (Wildman–Crippen LogP) is 2.64. The summed E-state index contributed by atoms with van der Waals surface area (Å²) in [5, 5.41) is 19.6. The van der Waals surface area contributed by atoms with E-state index in [-0.39, 0.29) is 46.9 Å².